The topological polar surface area (TPSA) is 46.0 Å². The minimum Gasteiger partial charge on any atom is -0.338 e. The molecular weight excluding hydrogens is 364 g/mol. The van der Waals surface area contributed by atoms with Gasteiger partial charge < -0.3 is 9.55 Å². The molecule has 2 heterocycles. The predicted molar refractivity (Wildman–Crippen MR) is 115 cm³/mol. The summed E-state index contributed by atoms with van der Waals surface area (Å²) < 4.78 is 2.13. The van der Waals surface area contributed by atoms with Crippen molar-refractivity contribution in [3.63, 3.8) is 0 Å². The van der Waals surface area contributed by atoms with Crippen molar-refractivity contribution in [2.24, 2.45) is 12.0 Å². The number of nitrogens with one attached hydrogen (secondary N) is 1. The van der Waals surface area contributed by atoms with Gasteiger partial charge in [0.1, 0.15) is 5.82 Å². The smallest absolute Gasteiger partial charge is 0.190 e. The van der Waals surface area contributed by atoms with Crippen LogP contribution in [-0.4, -0.2) is 14.5 Å². The average Bonchev–Trinajstić information content (AvgIpc) is 3.33. The highest BCUT2D eigenvalue weighted by atomic mass is 32.1. The van der Waals surface area contributed by atoms with Crippen molar-refractivity contribution in [3.8, 4) is 22.6 Å². The third-order valence-corrected chi connectivity index (χ3v) is 5.67. The Kier molecular flexibility index (Phi) is 4.14. The van der Waals surface area contributed by atoms with Crippen LogP contribution in [0, 0.1) is 0 Å². The zero-order valence-electron chi connectivity index (χ0n) is 15.3. The maximum absolute atomic E-state index is 4.82. The van der Waals surface area contributed by atoms with E-state index < -0.39 is 0 Å². The van der Waals surface area contributed by atoms with Crippen LogP contribution >= 0.6 is 11.3 Å². The van der Waals surface area contributed by atoms with Gasteiger partial charge in [-0.25, -0.2) is 9.98 Å². The molecule has 28 heavy (non-hydrogen) atoms. The van der Waals surface area contributed by atoms with Crippen molar-refractivity contribution in [1.29, 1.82) is 0 Å². The molecule has 5 heteroatoms. The molecule has 136 valence electrons. The van der Waals surface area contributed by atoms with E-state index >= 15 is 0 Å². The van der Waals surface area contributed by atoms with Gasteiger partial charge in [-0.05, 0) is 42.0 Å². The van der Waals surface area contributed by atoms with E-state index in [1.165, 1.54) is 11.3 Å². The fraction of sp³-hybridized carbons (Fsp3) is 0.0435. The lowest BCUT2D eigenvalue weighted by Gasteiger charge is -2.02. The Bertz CT molecular complexity index is 1280. The molecule has 5 aromatic rings. The van der Waals surface area contributed by atoms with E-state index in [9.17, 15) is 0 Å². The van der Waals surface area contributed by atoms with Crippen molar-refractivity contribution >= 4 is 28.1 Å². The molecular formula is C23H18N4S. The van der Waals surface area contributed by atoms with E-state index in [4.69, 9.17) is 4.99 Å². The first-order valence-electron chi connectivity index (χ1n) is 9.08. The van der Waals surface area contributed by atoms with Crippen molar-refractivity contribution in [1.82, 2.24) is 14.5 Å². The summed E-state index contributed by atoms with van der Waals surface area (Å²) in [6.45, 7) is 0. The lowest BCUT2D eigenvalue weighted by atomic mass is 10.2. The second kappa shape index (κ2) is 6.94. The number of aromatic amines is 1. The minimum absolute atomic E-state index is 0.876. The number of nitrogens with zero attached hydrogens (tertiary/aromatic N) is 3. The van der Waals surface area contributed by atoms with Crippen LogP contribution in [-0.2, 0) is 7.05 Å². The maximum atomic E-state index is 4.82. The molecule has 0 aliphatic heterocycles. The Hall–Kier alpha value is -3.44. The van der Waals surface area contributed by atoms with Gasteiger partial charge in [0.05, 0.1) is 22.4 Å². The van der Waals surface area contributed by atoms with Gasteiger partial charge >= 0.3 is 0 Å². The molecule has 3 aromatic carbocycles. The lowest BCUT2D eigenvalue weighted by molar-refractivity contribution is 0.883. The van der Waals surface area contributed by atoms with Gasteiger partial charge in [0.15, 0.2) is 4.80 Å². The first kappa shape index (κ1) is 16.7. The van der Waals surface area contributed by atoms with Crippen LogP contribution in [0.4, 0.5) is 5.69 Å². The Morgan fingerprint density at radius 1 is 0.857 bits per heavy atom. The first-order valence-corrected chi connectivity index (χ1v) is 9.96. The Morgan fingerprint density at radius 3 is 2.39 bits per heavy atom. The summed E-state index contributed by atoms with van der Waals surface area (Å²) >= 11 is 1.65. The standard InChI is InChI=1S/C23H18N4S/c1-27-21(16-7-3-2-4-8-16)15-28-23(27)24-18-13-11-17(12-14-18)22-25-19-9-5-6-10-20(19)26-22/h2-15H,1H3,(H,25,26). The molecule has 0 amide bonds. The molecule has 0 aliphatic rings. The number of aromatic nitrogens is 3. The monoisotopic (exact) mass is 382 g/mol. The second-order valence-corrected chi connectivity index (χ2v) is 7.43. The number of imidazole rings is 1. The van der Waals surface area contributed by atoms with Gasteiger partial charge in [0.25, 0.3) is 0 Å². The fourth-order valence-electron chi connectivity index (χ4n) is 3.24. The summed E-state index contributed by atoms with van der Waals surface area (Å²) in [5.41, 5.74) is 6.37. The van der Waals surface area contributed by atoms with Crippen LogP contribution in [0.2, 0.25) is 0 Å². The van der Waals surface area contributed by atoms with Crippen LogP contribution in [0.1, 0.15) is 0 Å². The second-order valence-electron chi connectivity index (χ2n) is 6.59. The van der Waals surface area contributed by atoms with Crippen molar-refractivity contribution in [2.75, 3.05) is 0 Å². The van der Waals surface area contributed by atoms with Crippen molar-refractivity contribution in [2.45, 2.75) is 0 Å². The quantitative estimate of drug-likeness (QED) is 0.438. The van der Waals surface area contributed by atoms with Crippen molar-refractivity contribution < 1.29 is 0 Å². The van der Waals surface area contributed by atoms with Gasteiger partial charge in [-0.1, -0.05) is 42.5 Å². The average molecular weight is 382 g/mol. The predicted octanol–water partition coefficient (Wildman–Crippen LogP) is 5.53. The normalized spacial score (nSPS) is 12.0. The summed E-state index contributed by atoms with van der Waals surface area (Å²) in [6.07, 6.45) is 0. The number of fused-ring (bicyclic) bond motifs is 1. The molecule has 0 unspecified atom stereocenters. The summed E-state index contributed by atoms with van der Waals surface area (Å²) in [7, 11) is 2.06. The summed E-state index contributed by atoms with van der Waals surface area (Å²) in [5.74, 6) is 0.876. The number of para-hydroxylation sites is 2. The first-order chi connectivity index (χ1) is 13.8. The Morgan fingerprint density at radius 2 is 1.61 bits per heavy atom. The Balaban J connectivity index is 1.47. The summed E-state index contributed by atoms with van der Waals surface area (Å²) in [5, 5.41) is 2.15. The van der Waals surface area contributed by atoms with E-state index in [1.54, 1.807) is 11.3 Å². The fourth-order valence-corrected chi connectivity index (χ4v) is 4.16. The number of H-pyrrole nitrogens is 1. The highest BCUT2D eigenvalue weighted by molar-refractivity contribution is 7.07. The number of thiazole rings is 1. The summed E-state index contributed by atoms with van der Waals surface area (Å²) in [6, 6.07) is 26.6. The van der Waals surface area contributed by atoms with Crippen LogP contribution < -0.4 is 4.80 Å². The third kappa shape index (κ3) is 3.06. The molecule has 2 aromatic heterocycles. The highest BCUT2D eigenvalue weighted by Crippen LogP contribution is 2.23. The molecule has 0 aliphatic carbocycles. The lowest BCUT2D eigenvalue weighted by Crippen LogP contribution is -2.10. The maximum Gasteiger partial charge on any atom is 0.190 e. The molecule has 0 atom stereocenters. The molecule has 4 nitrogen and oxygen atoms in total. The highest BCUT2D eigenvalue weighted by Gasteiger charge is 2.06. The molecule has 0 radical (unpaired) electrons. The minimum atomic E-state index is 0.876. The van der Waals surface area contributed by atoms with Crippen LogP contribution in [0.25, 0.3) is 33.7 Å². The van der Waals surface area contributed by atoms with Crippen LogP contribution in [0.3, 0.4) is 0 Å². The van der Waals surface area contributed by atoms with E-state index in [0.717, 1.165) is 32.9 Å². The number of hydrogen-bond acceptors (Lipinski definition) is 3. The molecule has 0 spiro atoms. The number of benzene rings is 3. The molecule has 0 saturated heterocycles. The molecule has 5 rings (SSSR count). The summed E-state index contributed by atoms with van der Waals surface area (Å²) in [4.78, 5) is 13.8. The van der Waals surface area contributed by atoms with Crippen LogP contribution in [0.15, 0.2) is 89.2 Å². The van der Waals surface area contributed by atoms with Crippen LogP contribution in [0.5, 0.6) is 0 Å². The van der Waals surface area contributed by atoms with E-state index in [-0.39, 0.29) is 0 Å². The molecule has 0 bridgehead atoms. The number of hydrogen-bond donors (Lipinski definition) is 1. The van der Waals surface area contributed by atoms with Gasteiger partial charge in [0, 0.05) is 18.0 Å². The number of rotatable bonds is 3. The van der Waals surface area contributed by atoms with Gasteiger partial charge in [-0.3, -0.25) is 0 Å². The van der Waals surface area contributed by atoms with Gasteiger partial charge in [-0.15, -0.1) is 11.3 Å². The molecule has 1 N–H and O–H groups in total. The van der Waals surface area contributed by atoms with Crippen molar-refractivity contribution in [3.05, 3.63) is 89.0 Å². The SMILES string of the molecule is Cn1c(-c2ccccc2)csc1=Nc1ccc(-c2nc3ccccc3[nH]2)cc1. The van der Waals surface area contributed by atoms with E-state index in [0.29, 0.717) is 0 Å². The van der Waals surface area contributed by atoms with E-state index in [2.05, 4.69) is 63.4 Å². The van der Waals surface area contributed by atoms with Gasteiger partial charge in [0.2, 0.25) is 0 Å². The molecule has 0 saturated carbocycles. The van der Waals surface area contributed by atoms with Gasteiger partial charge in [-0.2, -0.15) is 0 Å². The largest absolute Gasteiger partial charge is 0.338 e. The third-order valence-electron chi connectivity index (χ3n) is 4.75. The zero-order valence-corrected chi connectivity index (χ0v) is 16.1. The van der Waals surface area contributed by atoms with E-state index in [1.807, 2.05) is 42.5 Å². The Labute approximate surface area is 166 Å². The zero-order chi connectivity index (χ0) is 18.9. The molecule has 0 fully saturated rings.